The standard InChI is InChI=1S/C35H30N.2ClH.Hf/c1-3-36(4-2)35-32(33(25-15-7-5-8-16-25)26-17-9-6-10-18-26)24-30-29-22-14-13-21-28(29)23-31(30)34(35)27-19-11-12-20-27;;;/h5-19,21-22,24H,3-4,20H2,1-2H3;2*1H;/q-1;;;/p-2. The van der Waals surface area contributed by atoms with E-state index in [-0.39, 0.29) is 50.7 Å². The third-order valence-corrected chi connectivity index (χ3v) is 7.34. The predicted octanol–water partition coefficient (Wildman–Crippen LogP) is 0.815. The van der Waals surface area contributed by atoms with Crippen molar-refractivity contribution in [2.75, 3.05) is 18.0 Å². The SMILES string of the molecule is CCN(CC)c1c(C2=CC=CC2)c2c(cc1=C(c1ccccc1)c1ccccc1)-c1ccccc1[C-]=2.[Cl-].[Cl-].[Hf]. The van der Waals surface area contributed by atoms with Crippen molar-refractivity contribution in [2.24, 2.45) is 0 Å². The van der Waals surface area contributed by atoms with E-state index in [9.17, 15) is 0 Å². The quantitative estimate of drug-likeness (QED) is 0.186. The van der Waals surface area contributed by atoms with Gasteiger partial charge in [0.15, 0.2) is 0 Å². The first-order valence-corrected chi connectivity index (χ1v) is 13.0. The molecule has 4 aromatic rings. The largest absolute Gasteiger partial charge is 1.00 e. The molecule has 196 valence electrons. The van der Waals surface area contributed by atoms with Crippen molar-refractivity contribution in [3.8, 4) is 11.1 Å². The van der Waals surface area contributed by atoms with E-state index < -0.39 is 0 Å². The molecule has 0 aliphatic heterocycles. The zero-order chi connectivity index (χ0) is 24.5. The zero-order valence-electron chi connectivity index (χ0n) is 22.2. The molecule has 0 aromatic heterocycles. The van der Waals surface area contributed by atoms with Gasteiger partial charge < -0.3 is 29.7 Å². The minimum atomic E-state index is 0. The number of anilines is 1. The van der Waals surface area contributed by atoms with E-state index in [2.05, 4.69) is 134 Å². The van der Waals surface area contributed by atoms with Crippen LogP contribution in [0.2, 0.25) is 0 Å². The van der Waals surface area contributed by atoms with Crippen LogP contribution in [-0.4, -0.2) is 13.1 Å². The number of hydrogen-bond donors (Lipinski definition) is 0. The van der Waals surface area contributed by atoms with Gasteiger partial charge in [0.05, 0.1) is 0 Å². The van der Waals surface area contributed by atoms with Crippen LogP contribution in [0.3, 0.4) is 0 Å². The Kier molecular flexibility index (Phi) is 10.8. The number of fused-ring (bicyclic) bond motifs is 3. The van der Waals surface area contributed by atoms with Gasteiger partial charge in [0.1, 0.15) is 0 Å². The summed E-state index contributed by atoms with van der Waals surface area (Å²) in [6.45, 7) is 6.41. The van der Waals surface area contributed by atoms with Crippen molar-refractivity contribution in [1.82, 2.24) is 0 Å². The Hall–Kier alpha value is -2.65. The maximum absolute atomic E-state index is 3.81. The average molecular weight is 714 g/mol. The molecule has 2 aliphatic rings. The van der Waals surface area contributed by atoms with Gasteiger partial charge in [0.2, 0.25) is 0 Å². The fourth-order valence-electron chi connectivity index (χ4n) is 5.67. The number of rotatable bonds is 6. The number of halogens is 2. The fraction of sp³-hybridized carbons (Fsp3) is 0.143. The number of hydrogen-bond acceptors (Lipinski definition) is 1. The summed E-state index contributed by atoms with van der Waals surface area (Å²) in [6, 6.07) is 32.9. The van der Waals surface area contributed by atoms with Gasteiger partial charge >= 0.3 is 0 Å². The smallest absolute Gasteiger partial charge is 0.0177 e. The van der Waals surface area contributed by atoms with Crippen LogP contribution in [-0.2, 0) is 25.8 Å². The van der Waals surface area contributed by atoms with E-state index in [1.54, 1.807) is 0 Å². The molecule has 2 aliphatic carbocycles. The van der Waals surface area contributed by atoms with Gasteiger partial charge in [-0.15, -0.1) is 34.1 Å². The first-order valence-electron chi connectivity index (χ1n) is 13.0. The molecule has 0 fully saturated rings. The van der Waals surface area contributed by atoms with Gasteiger partial charge in [0.25, 0.3) is 0 Å². The van der Waals surface area contributed by atoms with Crippen molar-refractivity contribution in [3.05, 3.63) is 142 Å². The van der Waals surface area contributed by atoms with Gasteiger partial charge in [-0.2, -0.15) is 0 Å². The Balaban J connectivity index is 0.00000140. The summed E-state index contributed by atoms with van der Waals surface area (Å²) in [4.78, 5) is 2.53. The summed E-state index contributed by atoms with van der Waals surface area (Å²) in [7, 11) is 0. The van der Waals surface area contributed by atoms with E-state index in [1.165, 1.54) is 60.7 Å². The van der Waals surface area contributed by atoms with Crippen LogP contribution in [0.25, 0.3) is 28.3 Å². The van der Waals surface area contributed by atoms with Crippen LogP contribution in [0.1, 0.15) is 42.5 Å². The van der Waals surface area contributed by atoms with E-state index in [0.717, 1.165) is 19.5 Å². The van der Waals surface area contributed by atoms with Crippen molar-refractivity contribution >= 4 is 22.9 Å². The van der Waals surface area contributed by atoms with E-state index >= 15 is 0 Å². The topological polar surface area (TPSA) is 3.24 Å². The second-order valence-electron chi connectivity index (χ2n) is 9.34. The molecule has 4 heteroatoms. The maximum Gasteiger partial charge on any atom is 0.0177 e. The predicted molar refractivity (Wildman–Crippen MR) is 153 cm³/mol. The summed E-state index contributed by atoms with van der Waals surface area (Å²) < 4.78 is 0. The average Bonchev–Trinajstić information content (AvgIpc) is 3.59. The Morgan fingerprint density at radius 3 is 1.92 bits per heavy atom. The third-order valence-electron chi connectivity index (χ3n) is 7.34. The molecule has 0 N–H and O–H groups in total. The monoisotopic (exact) mass is 714 g/mol. The molecule has 1 nitrogen and oxygen atoms in total. The molecule has 0 radical (unpaired) electrons. The van der Waals surface area contributed by atoms with Gasteiger partial charge in [-0.05, 0) is 42.2 Å². The van der Waals surface area contributed by atoms with Crippen LogP contribution >= 0.6 is 0 Å². The van der Waals surface area contributed by atoms with E-state index in [0.29, 0.717) is 0 Å². The van der Waals surface area contributed by atoms with E-state index in [1.807, 2.05) is 0 Å². The molecular weight excluding hydrogens is 684 g/mol. The van der Waals surface area contributed by atoms with Crippen LogP contribution in [0, 0.1) is 0 Å². The third kappa shape index (κ3) is 5.66. The molecule has 0 saturated heterocycles. The fourth-order valence-corrected chi connectivity index (χ4v) is 5.67. The molecule has 4 aromatic carbocycles. The van der Waals surface area contributed by atoms with Crippen molar-refractivity contribution in [1.29, 1.82) is 0 Å². The van der Waals surface area contributed by atoms with Gasteiger partial charge in [-0.3, -0.25) is 0 Å². The summed E-state index contributed by atoms with van der Waals surface area (Å²) >= 11 is 0. The van der Waals surface area contributed by atoms with Crippen LogP contribution in [0.4, 0.5) is 5.69 Å². The second kappa shape index (κ2) is 13.6. The maximum atomic E-state index is 3.81. The molecule has 0 amide bonds. The Labute approximate surface area is 263 Å². The number of benzene rings is 4. The van der Waals surface area contributed by atoms with Crippen LogP contribution < -0.4 is 40.2 Å². The molecule has 0 atom stereocenters. The van der Waals surface area contributed by atoms with Crippen molar-refractivity contribution in [2.45, 2.75) is 20.3 Å². The van der Waals surface area contributed by atoms with Crippen LogP contribution in [0.15, 0.2) is 109 Å². The van der Waals surface area contributed by atoms with Gasteiger partial charge in [-0.1, -0.05) is 114 Å². The number of allylic oxidation sites excluding steroid dienone is 4. The molecule has 0 heterocycles. The molecule has 0 bridgehead atoms. The molecular formula is C35H30Cl2HfN-3. The number of nitrogens with zero attached hydrogens (tertiary/aromatic N) is 1. The Bertz CT molecular complexity index is 1580. The molecule has 0 spiro atoms. The summed E-state index contributed by atoms with van der Waals surface area (Å²) in [6.07, 6.45) is 11.5. The summed E-state index contributed by atoms with van der Waals surface area (Å²) in [5, 5.41) is 2.52. The van der Waals surface area contributed by atoms with Crippen molar-refractivity contribution < 1.29 is 50.7 Å². The normalized spacial score (nSPS) is 12.1. The second-order valence-corrected chi connectivity index (χ2v) is 9.34. The van der Waals surface area contributed by atoms with E-state index in [4.69, 9.17) is 0 Å². The summed E-state index contributed by atoms with van der Waals surface area (Å²) in [5.41, 5.74) is 11.5. The first kappa shape index (κ1) is 30.9. The Morgan fingerprint density at radius 2 is 1.36 bits per heavy atom. The summed E-state index contributed by atoms with van der Waals surface area (Å²) in [5.74, 6) is 0. The zero-order valence-corrected chi connectivity index (χ0v) is 27.3. The molecule has 39 heavy (non-hydrogen) atoms. The van der Waals surface area contributed by atoms with Gasteiger partial charge in [-0.25, -0.2) is 0 Å². The van der Waals surface area contributed by atoms with Crippen LogP contribution in [0.5, 0.6) is 0 Å². The van der Waals surface area contributed by atoms with Gasteiger partial charge in [0, 0.05) is 44.6 Å². The molecule has 0 unspecified atom stereocenters. The first-order chi connectivity index (χ1) is 17.8. The minimum absolute atomic E-state index is 0. The Morgan fingerprint density at radius 1 is 0.769 bits per heavy atom. The minimum Gasteiger partial charge on any atom is -1.00 e. The molecule has 0 saturated carbocycles. The molecule has 6 rings (SSSR count). The van der Waals surface area contributed by atoms with Crippen molar-refractivity contribution in [3.63, 3.8) is 0 Å².